The van der Waals surface area contributed by atoms with E-state index in [2.05, 4.69) is 68.4 Å². The lowest BCUT2D eigenvalue weighted by molar-refractivity contribution is 0.0982. The van der Waals surface area contributed by atoms with Gasteiger partial charge in [-0.25, -0.2) is 13.1 Å². The first-order chi connectivity index (χ1) is 22.4. The topological polar surface area (TPSA) is 127 Å². The van der Waals surface area contributed by atoms with Gasteiger partial charge in [-0.2, -0.15) is 9.97 Å². The molecule has 254 valence electrons. The molecule has 0 bridgehead atoms. The molecule has 0 spiro atoms. The van der Waals surface area contributed by atoms with Gasteiger partial charge in [-0.1, -0.05) is 26.0 Å². The second-order valence-electron chi connectivity index (χ2n) is 13.8. The van der Waals surface area contributed by atoms with Crippen LogP contribution in [0.1, 0.15) is 46.1 Å². The number of sulfonamides is 1. The molecule has 0 atom stereocenters. The highest BCUT2D eigenvalue weighted by Gasteiger charge is 2.36. The summed E-state index contributed by atoms with van der Waals surface area (Å²) in [6.07, 6.45) is 2.32. The Morgan fingerprint density at radius 1 is 0.957 bits per heavy atom. The highest BCUT2D eigenvalue weighted by Crippen LogP contribution is 2.42. The molecule has 3 aromatic rings. The number of hydrogen-bond acceptors (Lipinski definition) is 11. The number of rotatable bonds is 10. The highest BCUT2D eigenvalue weighted by atomic mass is 32.2. The SMILES string of the molecule is COc1cc(N2CCC(N3CCN(C)CC3)CC2)ccc1Nc1nc2c(c(Nc3ccccc3S(=O)(=O)NC(C)C)n1)C(C)(C)CN2. The van der Waals surface area contributed by atoms with Crippen LogP contribution in [0.3, 0.4) is 0 Å². The summed E-state index contributed by atoms with van der Waals surface area (Å²) in [5.41, 5.74) is 2.94. The van der Waals surface area contributed by atoms with Crippen molar-refractivity contribution in [2.75, 3.05) is 80.8 Å². The summed E-state index contributed by atoms with van der Waals surface area (Å²) < 4.78 is 34.9. The van der Waals surface area contributed by atoms with Gasteiger partial charge in [-0.3, -0.25) is 4.90 Å². The normalized spacial score (nSPS) is 19.0. The van der Waals surface area contributed by atoms with Gasteiger partial charge in [0.05, 0.1) is 18.5 Å². The van der Waals surface area contributed by atoms with Crippen molar-refractivity contribution in [3.05, 3.63) is 48.0 Å². The third kappa shape index (κ3) is 7.28. The zero-order valence-electron chi connectivity index (χ0n) is 28.4. The summed E-state index contributed by atoms with van der Waals surface area (Å²) in [7, 11) is 0.122. The Labute approximate surface area is 279 Å². The predicted octanol–water partition coefficient (Wildman–Crippen LogP) is 4.58. The van der Waals surface area contributed by atoms with Crippen molar-refractivity contribution < 1.29 is 13.2 Å². The first-order valence-corrected chi connectivity index (χ1v) is 18.1. The van der Waals surface area contributed by atoms with E-state index in [0.717, 1.165) is 69.0 Å². The van der Waals surface area contributed by atoms with Crippen LogP contribution < -0.4 is 30.3 Å². The molecule has 0 radical (unpaired) electrons. The van der Waals surface area contributed by atoms with Gasteiger partial charge in [0, 0.05) is 80.6 Å². The van der Waals surface area contributed by atoms with E-state index in [1.54, 1.807) is 39.2 Å². The number of methoxy groups -OCH3 is 1. The van der Waals surface area contributed by atoms with Gasteiger partial charge in [-0.05, 0) is 58.0 Å². The lowest BCUT2D eigenvalue weighted by atomic mass is 9.88. The zero-order chi connectivity index (χ0) is 33.3. The Morgan fingerprint density at radius 3 is 2.38 bits per heavy atom. The molecule has 13 heteroatoms. The van der Waals surface area contributed by atoms with E-state index < -0.39 is 10.0 Å². The van der Waals surface area contributed by atoms with Crippen molar-refractivity contribution in [2.24, 2.45) is 0 Å². The molecule has 0 saturated carbocycles. The maximum absolute atomic E-state index is 13.2. The summed E-state index contributed by atoms with van der Waals surface area (Å²) in [6, 6.07) is 13.5. The average Bonchev–Trinajstić information content (AvgIpc) is 3.35. The summed E-state index contributed by atoms with van der Waals surface area (Å²) in [4.78, 5) is 17.4. The predicted molar refractivity (Wildman–Crippen MR) is 189 cm³/mol. The molecule has 47 heavy (non-hydrogen) atoms. The van der Waals surface area contributed by atoms with Crippen LogP contribution in [0.25, 0.3) is 0 Å². The van der Waals surface area contributed by atoms with Crippen LogP contribution in [0.5, 0.6) is 5.75 Å². The number of nitrogens with zero attached hydrogens (tertiary/aromatic N) is 5. The van der Waals surface area contributed by atoms with Crippen LogP contribution in [-0.4, -0.2) is 100 Å². The van der Waals surface area contributed by atoms with Crippen LogP contribution in [0.15, 0.2) is 47.4 Å². The van der Waals surface area contributed by atoms with Crippen LogP contribution in [0.2, 0.25) is 0 Å². The molecule has 2 saturated heterocycles. The summed E-state index contributed by atoms with van der Waals surface area (Å²) in [6.45, 7) is 15.2. The molecule has 2 aromatic carbocycles. The number of aromatic nitrogens is 2. The van der Waals surface area contributed by atoms with Crippen LogP contribution in [0.4, 0.5) is 34.6 Å². The molecule has 3 aliphatic rings. The Kier molecular flexibility index (Phi) is 9.52. The summed E-state index contributed by atoms with van der Waals surface area (Å²) in [5, 5.41) is 10.1. The van der Waals surface area contributed by atoms with Crippen molar-refractivity contribution in [2.45, 2.75) is 62.9 Å². The fourth-order valence-corrected chi connectivity index (χ4v) is 8.27. The monoisotopic (exact) mass is 663 g/mol. The molecule has 0 aliphatic carbocycles. The Bertz CT molecular complexity index is 1680. The van der Waals surface area contributed by atoms with Crippen molar-refractivity contribution >= 4 is 44.7 Å². The molecule has 3 aliphatic heterocycles. The van der Waals surface area contributed by atoms with Gasteiger partial charge in [0.1, 0.15) is 22.3 Å². The molecular weight excluding hydrogens is 615 g/mol. The number of para-hydroxylation sites is 1. The number of fused-ring (bicyclic) bond motifs is 1. The van der Waals surface area contributed by atoms with E-state index in [9.17, 15) is 8.42 Å². The number of piperidine rings is 1. The number of piperazine rings is 1. The standard InChI is InChI=1S/C34H49N9O3S/c1-23(2)40-47(44,45)29-10-8-7-9-27(29)36-32-30-31(35-22-34(30,3)4)38-33(39-32)37-26-12-11-25(21-28(26)46-6)42-15-13-24(14-16-42)43-19-17-41(5)18-20-43/h7-12,21,23-24,40H,13-20,22H2,1-6H3,(H3,35,36,37,38,39). The summed E-state index contributed by atoms with van der Waals surface area (Å²) >= 11 is 0. The van der Waals surface area contributed by atoms with Crippen molar-refractivity contribution in [3.8, 4) is 5.75 Å². The van der Waals surface area contributed by atoms with Gasteiger partial charge in [-0.15, -0.1) is 0 Å². The van der Waals surface area contributed by atoms with E-state index in [0.29, 0.717) is 41.6 Å². The summed E-state index contributed by atoms with van der Waals surface area (Å²) in [5.74, 6) is 2.32. The molecule has 6 rings (SSSR count). The quantitative estimate of drug-likeness (QED) is 0.244. The third-order valence-corrected chi connectivity index (χ3v) is 11.1. The minimum absolute atomic E-state index is 0.157. The Morgan fingerprint density at radius 2 is 1.68 bits per heavy atom. The van der Waals surface area contributed by atoms with Gasteiger partial charge in [0.2, 0.25) is 16.0 Å². The maximum atomic E-state index is 13.2. The van der Waals surface area contributed by atoms with Crippen LogP contribution in [0, 0.1) is 0 Å². The fraction of sp³-hybridized carbons (Fsp3) is 0.529. The molecular formula is C34H49N9O3S. The maximum Gasteiger partial charge on any atom is 0.242 e. The highest BCUT2D eigenvalue weighted by molar-refractivity contribution is 7.89. The molecule has 2 fully saturated rings. The number of nitrogens with one attached hydrogen (secondary N) is 4. The number of benzene rings is 2. The van der Waals surface area contributed by atoms with E-state index in [4.69, 9.17) is 14.7 Å². The molecule has 12 nitrogen and oxygen atoms in total. The average molecular weight is 664 g/mol. The van der Waals surface area contributed by atoms with Crippen molar-refractivity contribution in [1.29, 1.82) is 0 Å². The Balaban J connectivity index is 1.23. The zero-order valence-corrected chi connectivity index (χ0v) is 29.2. The first-order valence-electron chi connectivity index (χ1n) is 16.6. The van der Waals surface area contributed by atoms with E-state index in [1.807, 2.05) is 12.1 Å². The minimum atomic E-state index is -3.76. The van der Waals surface area contributed by atoms with E-state index >= 15 is 0 Å². The Hall–Kier alpha value is -3.65. The second kappa shape index (κ2) is 13.5. The van der Waals surface area contributed by atoms with Gasteiger partial charge >= 0.3 is 0 Å². The molecule has 0 unspecified atom stereocenters. The molecule has 1 aromatic heterocycles. The van der Waals surface area contributed by atoms with Gasteiger partial charge < -0.3 is 30.5 Å². The number of hydrogen-bond donors (Lipinski definition) is 4. The molecule has 0 amide bonds. The first kappa shape index (κ1) is 33.3. The molecule has 4 heterocycles. The van der Waals surface area contributed by atoms with Crippen molar-refractivity contribution in [1.82, 2.24) is 24.5 Å². The lowest BCUT2D eigenvalue weighted by Crippen LogP contribution is -2.52. The van der Waals surface area contributed by atoms with Gasteiger partial charge in [0.25, 0.3) is 0 Å². The van der Waals surface area contributed by atoms with Gasteiger partial charge in [0.15, 0.2) is 0 Å². The van der Waals surface area contributed by atoms with Crippen molar-refractivity contribution in [3.63, 3.8) is 0 Å². The third-order valence-electron chi connectivity index (χ3n) is 9.42. The van der Waals surface area contributed by atoms with E-state index in [1.165, 1.54) is 0 Å². The number of anilines is 6. The minimum Gasteiger partial charge on any atom is -0.494 e. The fourth-order valence-electron chi connectivity index (χ4n) is 6.85. The molecule has 4 N–H and O–H groups in total. The lowest BCUT2D eigenvalue weighted by Gasteiger charge is -2.42. The van der Waals surface area contributed by atoms with E-state index in [-0.39, 0.29) is 16.4 Å². The number of likely N-dealkylation sites (N-methyl/N-ethyl adjacent to an activating group) is 1. The second-order valence-corrected chi connectivity index (χ2v) is 15.5. The largest absolute Gasteiger partial charge is 0.494 e. The smallest absolute Gasteiger partial charge is 0.242 e. The van der Waals surface area contributed by atoms with Crippen LogP contribution in [-0.2, 0) is 15.4 Å². The van der Waals surface area contributed by atoms with Crippen LogP contribution >= 0.6 is 0 Å². The number of ether oxygens (including phenoxy) is 1.